The van der Waals surface area contributed by atoms with Crippen LogP contribution in [0.1, 0.15) is 5.56 Å². The molecule has 1 rings (SSSR count). The molecule has 0 heterocycles. The normalized spacial score (nSPS) is 10.5. The van der Waals surface area contributed by atoms with Gasteiger partial charge < -0.3 is 5.11 Å². The standard InChI is InChI=1S/C8H7BrO/c9-6-5-7-3-1-2-4-8(7)10/h1-6,10H/b6-5+. The SMILES string of the molecule is Oc1ccccc1/C=C/Br. The molecule has 0 fully saturated rings. The monoisotopic (exact) mass is 198 g/mol. The predicted molar refractivity (Wildman–Crippen MR) is 46.1 cm³/mol. The van der Waals surface area contributed by atoms with Gasteiger partial charge in [0.2, 0.25) is 0 Å². The lowest BCUT2D eigenvalue weighted by Crippen LogP contribution is -1.70. The van der Waals surface area contributed by atoms with Gasteiger partial charge in [-0.25, -0.2) is 0 Å². The van der Waals surface area contributed by atoms with Crippen LogP contribution >= 0.6 is 15.9 Å². The highest BCUT2D eigenvalue weighted by Gasteiger charge is 1.91. The fourth-order valence-electron chi connectivity index (χ4n) is 0.696. The zero-order valence-corrected chi connectivity index (χ0v) is 6.88. The lowest BCUT2D eigenvalue weighted by Gasteiger charge is -1.94. The Balaban J connectivity index is 3.03. The second kappa shape index (κ2) is 3.42. The number of benzene rings is 1. The van der Waals surface area contributed by atoms with E-state index in [1.54, 1.807) is 23.2 Å². The molecule has 0 saturated carbocycles. The average Bonchev–Trinajstić information content (AvgIpc) is 1.94. The Morgan fingerprint density at radius 1 is 1.30 bits per heavy atom. The first kappa shape index (κ1) is 7.35. The van der Waals surface area contributed by atoms with Gasteiger partial charge in [0.05, 0.1) is 0 Å². The predicted octanol–water partition coefficient (Wildman–Crippen LogP) is 2.76. The first-order chi connectivity index (χ1) is 4.84. The Bertz CT molecular complexity index is 243. The number of phenolic OH excluding ortho intramolecular Hbond substituents is 1. The summed E-state index contributed by atoms with van der Waals surface area (Å²) in [4.78, 5) is 1.71. The van der Waals surface area contributed by atoms with Crippen molar-refractivity contribution in [3.63, 3.8) is 0 Å². The van der Waals surface area contributed by atoms with Gasteiger partial charge in [0.15, 0.2) is 0 Å². The van der Waals surface area contributed by atoms with E-state index in [-0.39, 0.29) is 0 Å². The zero-order chi connectivity index (χ0) is 7.40. The van der Waals surface area contributed by atoms with Crippen molar-refractivity contribution in [1.29, 1.82) is 0 Å². The summed E-state index contributed by atoms with van der Waals surface area (Å²) >= 11 is 3.13. The van der Waals surface area contributed by atoms with Crippen molar-refractivity contribution < 1.29 is 5.11 Å². The van der Waals surface area contributed by atoms with Gasteiger partial charge in [-0.15, -0.1) is 0 Å². The van der Waals surface area contributed by atoms with Crippen LogP contribution in [0.4, 0.5) is 0 Å². The Hall–Kier alpha value is -0.760. The zero-order valence-electron chi connectivity index (χ0n) is 5.29. The molecule has 0 bridgehead atoms. The molecule has 0 unspecified atom stereocenters. The quantitative estimate of drug-likeness (QED) is 0.737. The van der Waals surface area contributed by atoms with Crippen molar-refractivity contribution >= 4 is 22.0 Å². The fraction of sp³-hybridized carbons (Fsp3) is 0. The Kier molecular flexibility index (Phi) is 2.51. The summed E-state index contributed by atoms with van der Waals surface area (Å²) in [5.41, 5.74) is 0.819. The number of phenols is 1. The molecule has 2 heteroatoms. The van der Waals surface area contributed by atoms with Crippen LogP contribution in [0.2, 0.25) is 0 Å². The van der Waals surface area contributed by atoms with E-state index in [0.29, 0.717) is 5.75 Å². The molecule has 0 radical (unpaired) electrons. The number of halogens is 1. The minimum absolute atomic E-state index is 0.304. The summed E-state index contributed by atoms with van der Waals surface area (Å²) < 4.78 is 0. The molecule has 0 aliphatic carbocycles. The van der Waals surface area contributed by atoms with Crippen LogP contribution in [0, 0.1) is 0 Å². The highest BCUT2D eigenvalue weighted by molar-refractivity contribution is 9.11. The Labute approximate surface area is 68.1 Å². The van der Waals surface area contributed by atoms with E-state index in [0.717, 1.165) is 5.56 Å². The van der Waals surface area contributed by atoms with E-state index in [2.05, 4.69) is 15.9 Å². The van der Waals surface area contributed by atoms with Crippen molar-refractivity contribution in [2.75, 3.05) is 0 Å². The maximum atomic E-state index is 9.17. The van der Waals surface area contributed by atoms with Gasteiger partial charge in [-0.1, -0.05) is 34.1 Å². The van der Waals surface area contributed by atoms with Gasteiger partial charge in [0, 0.05) is 5.56 Å². The fourth-order valence-corrected chi connectivity index (χ4v) is 0.981. The molecule has 0 aliphatic heterocycles. The molecule has 1 nitrogen and oxygen atoms in total. The van der Waals surface area contributed by atoms with Crippen molar-refractivity contribution in [2.45, 2.75) is 0 Å². The van der Waals surface area contributed by atoms with Crippen LogP contribution in [0.3, 0.4) is 0 Å². The minimum atomic E-state index is 0.304. The third-order valence-electron chi connectivity index (χ3n) is 1.18. The Morgan fingerprint density at radius 2 is 2.00 bits per heavy atom. The van der Waals surface area contributed by atoms with Crippen LogP contribution in [0.5, 0.6) is 5.75 Å². The van der Waals surface area contributed by atoms with Crippen LogP contribution in [0.15, 0.2) is 29.3 Å². The molecule has 1 N–H and O–H groups in total. The van der Waals surface area contributed by atoms with Gasteiger partial charge in [-0.2, -0.15) is 0 Å². The van der Waals surface area contributed by atoms with Gasteiger partial charge in [0.25, 0.3) is 0 Å². The number of hydrogen-bond acceptors (Lipinski definition) is 1. The summed E-state index contributed by atoms with van der Waals surface area (Å²) in [5.74, 6) is 0.304. The largest absolute Gasteiger partial charge is 0.507 e. The van der Waals surface area contributed by atoms with E-state index in [9.17, 15) is 0 Å². The van der Waals surface area contributed by atoms with Crippen LogP contribution in [0.25, 0.3) is 6.08 Å². The molecular weight excluding hydrogens is 192 g/mol. The summed E-state index contributed by atoms with van der Waals surface area (Å²) in [6.07, 6.45) is 1.79. The molecule has 0 aromatic heterocycles. The summed E-state index contributed by atoms with van der Waals surface area (Å²) in [6.45, 7) is 0. The lowest BCUT2D eigenvalue weighted by atomic mass is 10.2. The van der Waals surface area contributed by atoms with E-state index in [1.165, 1.54) is 0 Å². The van der Waals surface area contributed by atoms with Crippen LogP contribution in [-0.4, -0.2) is 5.11 Å². The molecule has 1 aromatic carbocycles. The third kappa shape index (κ3) is 1.61. The van der Waals surface area contributed by atoms with Gasteiger partial charge in [-0.3, -0.25) is 0 Å². The molecular formula is C8H7BrO. The molecule has 1 aromatic rings. The first-order valence-electron chi connectivity index (χ1n) is 2.89. The van der Waals surface area contributed by atoms with Crippen LogP contribution < -0.4 is 0 Å². The molecule has 52 valence electrons. The second-order valence-corrected chi connectivity index (χ2v) is 2.38. The third-order valence-corrected chi connectivity index (χ3v) is 1.44. The topological polar surface area (TPSA) is 20.2 Å². The Morgan fingerprint density at radius 3 is 2.60 bits per heavy atom. The summed E-state index contributed by atoms with van der Waals surface area (Å²) in [5, 5.41) is 9.17. The van der Waals surface area contributed by atoms with Gasteiger partial charge in [0.1, 0.15) is 5.75 Å². The number of aromatic hydroxyl groups is 1. The van der Waals surface area contributed by atoms with Gasteiger partial charge >= 0.3 is 0 Å². The molecule has 10 heavy (non-hydrogen) atoms. The maximum Gasteiger partial charge on any atom is 0.122 e. The van der Waals surface area contributed by atoms with E-state index in [1.807, 2.05) is 12.1 Å². The highest BCUT2D eigenvalue weighted by atomic mass is 79.9. The van der Waals surface area contributed by atoms with E-state index in [4.69, 9.17) is 5.11 Å². The van der Waals surface area contributed by atoms with Crippen molar-refractivity contribution in [3.8, 4) is 5.75 Å². The van der Waals surface area contributed by atoms with Gasteiger partial charge in [-0.05, 0) is 17.1 Å². The summed E-state index contributed by atoms with van der Waals surface area (Å²) in [7, 11) is 0. The first-order valence-corrected chi connectivity index (χ1v) is 3.81. The van der Waals surface area contributed by atoms with Crippen molar-refractivity contribution in [3.05, 3.63) is 34.8 Å². The number of hydrogen-bond donors (Lipinski definition) is 1. The number of rotatable bonds is 1. The molecule has 0 saturated heterocycles. The summed E-state index contributed by atoms with van der Waals surface area (Å²) in [6, 6.07) is 7.17. The van der Waals surface area contributed by atoms with E-state index < -0.39 is 0 Å². The van der Waals surface area contributed by atoms with Crippen molar-refractivity contribution in [2.24, 2.45) is 0 Å². The highest BCUT2D eigenvalue weighted by Crippen LogP contribution is 2.17. The van der Waals surface area contributed by atoms with E-state index >= 15 is 0 Å². The molecule has 0 atom stereocenters. The molecule has 0 amide bonds. The second-order valence-electron chi connectivity index (χ2n) is 1.85. The maximum absolute atomic E-state index is 9.17. The molecule has 0 spiro atoms. The minimum Gasteiger partial charge on any atom is -0.507 e. The smallest absolute Gasteiger partial charge is 0.122 e. The number of para-hydroxylation sites is 1. The van der Waals surface area contributed by atoms with Crippen LogP contribution in [-0.2, 0) is 0 Å². The molecule has 0 aliphatic rings. The average molecular weight is 199 g/mol. The van der Waals surface area contributed by atoms with Crippen molar-refractivity contribution in [1.82, 2.24) is 0 Å². The lowest BCUT2D eigenvalue weighted by molar-refractivity contribution is 0.474.